The molecule has 0 fully saturated rings. The Morgan fingerprint density at radius 3 is 1.62 bits per heavy atom. The lowest BCUT2D eigenvalue weighted by atomic mass is 9.86. The molecule has 0 saturated heterocycles. The number of aliphatic carboxylic acids is 1. The standard InChI is InChI=1S/C97H136N18O23/c1-52(2)44-65-50-77(120)70(38-40-78(98)121)108-86(129)59(10)105-89(132)75(49-66-51-100-69-33-27-26-32-68(66)69)110-90(133)73(48-64-34-36-67(118)37-35-64)109-88(131)71(39-41-79(122)123)112-95(138)97(15,115-92(135)74(47-63-30-24-23-25-31-63)111-93(136)80(61(12)116)113-91(134)72(45-53(3)4)107-62(13)117)43-29-22-20-18-16-17-19-21-28-42-96(14,114-87(65)130)94(137)106-60(11)85(128)104-58(9)84(127)103-57(8)83(126)102-56(7)82(125)101-55(6)76(119)46-54(5)81(99)124/h23-27,30-37,51-61,65,70-75,80,100,116,118H,20-22,28-29,38-50H2,1-15H3,(H2,98,121)(H2,99,124)(H,101,125)(H,102,126)(H,103,127)(H,104,128)(H,105,132)(H,106,137)(H,107,117)(H,108,129)(H,109,131)(H,110,133)(H,111,136)(H,112,138)(H,113,134)(H,114,130)(H,115,135)(H,122,123)/t54-,55-,56-,57-,58-,59-,60-,61+,65+,70-,71-,72-,73-,74-,75-,80-,96-,97+/m0/s1. The molecule has 1 aliphatic heterocycles. The lowest BCUT2D eigenvalue weighted by molar-refractivity contribution is -0.140. The van der Waals surface area contributed by atoms with Gasteiger partial charge >= 0.3 is 5.97 Å². The molecule has 3 aromatic carbocycles. The second kappa shape index (κ2) is 55.2. The van der Waals surface area contributed by atoms with Crippen LogP contribution in [0.25, 0.3) is 10.9 Å². The Labute approximate surface area is 802 Å². The van der Waals surface area contributed by atoms with Crippen LogP contribution in [-0.4, -0.2) is 234 Å². The number of carboxylic acid groups (broad SMARTS) is 1. The summed E-state index contributed by atoms with van der Waals surface area (Å²) in [5.41, 5.74) is 8.63. The van der Waals surface area contributed by atoms with Gasteiger partial charge < -0.3 is 112 Å². The maximum atomic E-state index is 15.5. The molecule has 1 aromatic heterocycles. The number of carboxylic acids is 1. The molecule has 0 saturated carbocycles. The van der Waals surface area contributed by atoms with E-state index in [1.165, 1.54) is 100 Å². The largest absolute Gasteiger partial charge is 0.508 e. The van der Waals surface area contributed by atoms with E-state index in [1.807, 2.05) is 0 Å². The van der Waals surface area contributed by atoms with Crippen LogP contribution in [0.1, 0.15) is 217 Å². The molecule has 18 atom stereocenters. The molecule has 5 rings (SSSR count). The molecular weight excluding hydrogens is 1790 g/mol. The van der Waals surface area contributed by atoms with Gasteiger partial charge in [-0.25, -0.2) is 0 Å². The van der Waals surface area contributed by atoms with Gasteiger partial charge in [-0.05, 0) is 179 Å². The summed E-state index contributed by atoms with van der Waals surface area (Å²) in [6, 6.07) is 1.16. The fourth-order valence-corrected chi connectivity index (χ4v) is 14.9. The first-order chi connectivity index (χ1) is 64.8. The number of primary amides is 2. The van der Waals surface area contributed by atoms with Crippen LogP contribution in [0.4, 0.5) is 0 Å². The van der Waals surface area contributed by atoms with Crippen LogP contribution >= 0.6 is 0 Å². The zero-order valence-corrected chi connectivity index (χ0v) is 80.9. The van der Waals surface area contributed by atoms with E-state index in [-0.39, 0.29) is 94.6 Å². The number of phenols is 1. The lowest BCUT2D eigenvalue weighted by Gasteiger charge is -2.34. The smallest absolute Gasteiger partial charge is 0.303 e. The lowest BCUT2D eigenvalue weighted by Crippen LogP contribution is -2.65. The Kier molecular flexibility index (Phi) is 45.7. The highest BCUT2D eigenvalue weighted by atomic mass is 16.4. The van der Waals surface area contributed by atoms with Crippen molar-refractivity contribution in [3.63, 3.8) is 0 Å². The van der Waals surface area contributed by atoms with Crippen molar-refractivity contribution in [2.75, 3.05) is 0 Å². The summed E-state index contributed by atoms with van der Waals surface area (Å²) in [6.07, 6.45) is -4.35. The number of nitrogens with one attached hydrogen (secondary N) is 16. The monoisotopic (exact) mass is 1920 g/mol. The van der Waals surface area contributed by atoms with E-state index in [1.54, 1.807) is 88.5 Å². The molecule has 138 heavy (non-hydrogen) atoms. The molecule has 0 bridgehead atoms. The van der Waals surface area contributed by atoms with E-state index in [0.717, 1.165) is 0 Å². The number of H-pyrrole nitrogens is 1. The summed E-state index contributed by atoms with van der Waals surface area (Å²) in [5.74, 6) is -9.82. The molecule has 0 aliphatic carbocycles. The zero-order valence-electron chi connectivity index (χ0n) is 80.9. The van der Waals surface area contributed by atoms with Gasteiger partial charge in [0.1, 0.15) is 83.3 Å². The molecule has 41 nitrogen and oxygen atoms in total. The van der Waals surface area contributed by atoms with E-state index in [0.29, 0.717) is 27.6 Å². The van der Waals surface area contributed by atoms with Crippen LogP contribution in [0, 0.1) is 47.4 Å². The Balaban J connectivity index is 1.61. The number of aromatic amines is 1. The Morgan fingerprint density at radius 1 is 0.522 bits per heavy atom. The normalized spacial score (nSPS) is 21.4. The van der Waals surface area contributed by atoms with Gasteiger partial charge in [0, 0.05) is 93.6 Å². The van der Waals surface area contributed by atoms with E-state index >= 15 is 28.8 Å². The number of fused-ring (bicyclic) bond motifs is 1. The fourth-order valence-electron chi connectivity index (χ4n) is 14.9. The second-order valence-corrected chi connectivity index (χ2v) is 36.6. The first-order valence-corrected chi connectivity index (χ1v) is 46.2. The molecule has 23 N–H and O–H groups in total. The number of hydrogen-bond acceptors (Lipinski definition) is 22. The van der Waals surface area contributed by atoms with Crippen molar-refractivity contribution >= 4 is 129 Å². The average Bonchev–Trinajstić information content (AvgIpc) is 1.57. The number of aromatic nitrogens is 1. The van der Waals surface area contributed by atoms with Crippen LogP contribution in [0.5, 0.6) is 5.75 Å². The predicted molar refractivity (Wildman–Crippen MR) is 507 cm³/mol. The number of amides is 17. The number of carbonyl (C=O) groups excluding carboxylic acids is 19. The van der Waals surface area contributed by atoms with Crippen molar-refractivity contribution in [1.82, 2.24) is 84.7 Å². The highest BCUT2D eigenvalue weighted by Gasteiger charge is 2.44. The van der Waals surface area contributed by atoms with Gasteiger partial charge in [-0.15, -0.1) is 0 Å². The Morgan fingerprint density at radius 2 is 1.06 bits per heavy atom. The number of aliphatic hydroxyl groups is 1. The summed E-state index contributed by atoms with van der Waals surface area (Å²) in [7, 11) is 0. The maximum absolute atomic E-state index is 15.5. The SMILES string of the molecule is CC(=O)N[C@@H](CC(C)C)C(=O)N[C@H](C(=O)N[C@@H](Cc1ccccc1)C(=O)N[C@]1(C)CCCCC#CC#CCCC[C@@](C)(C(=O)N[C@@H](C)C(=O)N[C@@H](C)C(=O)N[C@@H](C)C(=O)N[C@@H](C)C(=O)N[C@@H](C)C(=O)C[C@H](C)C(N)=O)NC(=O)[C@H](CC(C)C)CC(=O)[C@H](CCC(N)=O)NC(=O)[C@H](C)NC(=O)[C@H](Cc2c[nH]c3ccccc23)NC(=O)[C@H](Cc2ccc(O)cc2)NC(=O)[C@H](CCC(=O)O)NC1=O)[C@@H](C)O. The van der Waals surface area contributed by atoms with E-state index < -0.39 is 264 Å². The van der Waals surface area contributed by atoms with Crippen LogP contribution in [0.3, 0.4) is 0 Å². The number of nitrogens with two attached hydrogens (primary N) is 2. The quantitative estimate of drug-likeness (QED) is 0.0265. The van der Waals surface area contributed by atoms with Gasteiger partial charge in [0.2, 0.25) is 100 Å². The number of para-hydroxylation sites is 1. The summed E-state index contributed by atoms with van der Waals surface area (Å²) < 4.78 is 0. The minimum absolute atomic E-state index is 0.0126. The van der Waals surface area contributed by atoms with Gasteiger partial charge in [0.05, 0.1) is 18.2 Å². The second-order valence-electron chi connectivity index (χ2n) is 36.6. The molecule has 752 valence electrons. The minimum Gasteiger partial charge on any atom is -0.508 e. The van der Waals surface area contributed by atoms with E-state index in [2.05, 4.69) is 108 Å². The predicted octanol–water partition coefficient (Wildman–Crippen LogP) is 0.103. The van der Waals surface area contributed by atoms with Gasteiger partial charge in [-0.1, -0.05) is 107 Å². The third-order valence-corrected chi connectivity index (χ3v) is 23.2. The molecule has 0 radical (unpaired) electrons. The number of carbonyl (C=O) groups is 20. The number of phenolic OH excluding ortho intramolecular Hbond substituents is 1. The number of Topliss-reactive ketones (excluding diaryl/α,β-unsaturated/α-hetero) is 2. The number of benzene rings is 3. The van der Waals surface area contributed by atoms with E-state index in [9.17, 15) is 82.4 Å². The van der Waals surface area contributed by atoms with Crippen molar-refractivity contribution in [2.45, 2.75) is 315 Å². The van der Waals surface area contributed by atoms with Crippen LogP contribution in [0.15, 0.2) is 85.1 Å². The molecule has 1 aliphatic rings. The number of aliphatic hydroxyl groups excluding tert-OH is 1. The Hall–Kier alpha value is -14.1. The van der Waals surface area contributed by atoms with Crippen molar-refractivity contribution in [2.24, 2.45) is 35.1 Å². The highest BCUT2D eigenvalue weighted by molar-refractivity contribution is 6.03. The molecule has 41 heteroatoms. The highest BCUT2D eigenvalue weighted by Crippen LogP contribution is 2.26. The minimum atomic E-state index is -2.14. The van der Waals surface area contributed by atoms with Gasteiger partial charge in [0.25, 0.3) is 0 Å². The zero-order chi connectivity index (χ0) is 103. The summed E-state index contributed by atoms with van der Waals surface area (Å²) in [5, 5.41) is 71.0. The number of hydrogen-bond donors (Lipinski definition) is 21. The fraction of sp³-hybridized carbons (Fsp3) is 0.546. The third-order valence-electron chi connectivity index (χ3n) is 23.2. The maximum Gasteiger partial charge on any atom is 0.303 e. The van der Waals surface area contributed by atoms with Gasteiger partial charge in [0.15, 0.2) is 11.6 Å². The molecule has 4 aromatic rings. The molecular formula is C97H136N18O23. The van der Waals surface area contributed by atoms with Gasteiger partial charge in [-0.2, -0.15) is 0 Å². The molecule has 2 heterocycles. The van der Waals surface area contributed by atoms with E-state index in [4.69, 9.17) is 11.5 Å². The summed E-state index contributed by atoms with van der Waals surface area (Å²) in [4.78, 5) is 283. The summed E-state index contributed by atoms with van der Waals surface area (Å²) >= 11 is 0. The topological polar surface area (TPSA) is 650 Å². The number of aromatic hydroxyl groups is 1. The van der Waals surface area contributed by atoms with Crippen LogP contribution in [0.2, 0.25) is 0 Å². The molecule has 0 spiro atoms. The van der Waals surface area contributed by atoms with Crippen molar-refractivity contribution in [3.8, 4) is 29.4 Å². The number of ketones is 2. The first-order valence-electron chi connectivity index (χ1n) is 46.2. The third kappa shape index (κ3) is 38.2. The number of rotatable bonds is 38. The van der Waals surface area contributed by atoms with Gasteiger partial charge in [-0.3, -0.25) is 95.9 Å². The molecule has 17 amide bonds. The summed E-state index contributed by atoms with van der Waals surface area (Å²) in [6.45, 7) is 21.4. The van der Waals surface area contributed by atoms with Crippen molar-refractivity contribution in [3.05, 3.63) is 102 Å². The van der Waals surface area contributed by atoms with Crippen molar-refractivity contribution < 1.29 is 111 Å². The van der Waals surface area contributed by atoms with Crippen molar-refractivity contribution in [1.29, 1.82) is 0 Å². The average molecular weight is 1920 g/mol. The molecule has 0 unspecified atom stereocenters. The Bertz CT molecular complexity index is 5150. The first kappa shape index (κ1) is 114. The van der Waals surface area contributed by atoms with Crippen LogP contribution in [-0.2, 0) is 115 Å². The van der Waals surface area contributed by atoms with Crippen LogP contribution < -0.4 is 91.2 Å².